The maximum atomic E-state index is 3.75. The first-order chi connectivity index (χ1) is 7.68. The number of nitrogens with one attached hydrogen (secondary N) is 1. The van der Waals surface area contributed by atoms with Crippen LogP contribution in [0.2, 0.25) is 0 Å². The van der Waals surface area contributed by atoms with Gasteiger partial charge in [-0.2, -0.15) is 0 Å². The van der Waals surface area contributed by atoms with Crippen molar-refractivity contribution in [2.45, 2.75) is 70.5 Å². The molecule has 0 aliphatic heterocycles. The van der Waals surface area contributed by atoms with Crippen molar-refractivity contribution in [3.05, 3.63) is 0 Å². The highest BCUT2D eigenvalue weighted by molar-refractivity contribution is 4.86. The van der Waals surface area contributed by atoms with Crippen molar-refractivity contribution in [2.75, 3.05) is 13.6 Å². The summed E-state index contributed by atoms with van der Waals surface area (Å²) >= 11 is 0. The van der Waals surface area contributed by atoms with Gasteiger partial charge >= 0.3 is 0 Å². The van der Waals surface area contributed by atoms with Crippen LogP contribution in [0.25, 0.3) is 0 Å². The fraction of sp³-hybridized carbons (Fsp3) is 1.00. The van der Waals surface area contributed by atoms with Crippen molar-refractivity contribution in [2.24, 2.45) is 5.92 Å². The summed E-state index contributed by atoms with van der Waals surface area (Å²) in [6, 6.07) is 2.30. The fourth-order valence-electron chi connectivity index (χ4n) is 2.97. The predicted molar refractivity (Wildman–Crippen MR) is 69.7 cm³/mol. The highest BCUT2D eigenvalue weighted by Crippen LogP contribution is 2.28. The van der Waals surface area contributed by atoms with Crippen LogP contribution in [0.3, 0.4) is 0 Å². The Bertz CT molecular complexity index is 199. The average molecular weight is 224 g/mol. The van der Waals surface area contributed by atoms with Gasteiger partial charge in [0.1, 0.15) is 0 Å². The van der Waals surface area contributed by atoms with Crippen molar-refractivity contribution in [1.29, 1.82) is 0 Å². The number of nitrogens with zero attached hydrogens (tertiary/aromatic N) is 1. The molecule has 2 unspecified atom stereocenters. The van der Waals surface area contributed by atoms with Crippen LogP contribution in [0.1, 0.15) is 52.4 Å². The van der Waals surface area contributed by atoms with Crippen molar-refractivity contribution in [3.63, 3.8) is 0 Å². The number of hydrogen-bond acceptors (Lipinski definition) is 2. The zero-order valence-corrected chi connectivity index (χ0v) is 11.2. The molecule has 2 atom stereocenters. The molecule has 2 aliphatic rings. The molecule has 2 saturated carbocycles. The van der Waals surface area contributed by atoms with Crippen molar-refractivity contribution >= 4 is 0 Å². The standard InChI is InChI=1S/C14H28N2/c1-11(16(3)14-8-9-14)10-15-12(2)13-6-4-5-7-13/h11-15H,4-10H2,1-3H3. The minimum absolute atomic E-state index is 0.691. The molecule has 0 bridgehead atoms. The molecule has 2 fully saturated rings. The first kappa shape index (κ1) is 12.4. The summed E-state index contributed by atoms with van der Waals surface area (Å²) in [5.74, 6) is 0.943. The van der Waals surface area contributed by atoms with Crippen LogP contribution in [0.4, 0.5) is 0 Å². The van der Waals surface area contributed by atoms with Crippen LogP contribution in [-0.4, -0.2) is 36.6 Å². The van der Waals surface area contributed by atoms with E-state index < -0.39 is 0 Å². The normalized spacial score (nSPS) is 26.2. The van der Waals surface area contributed by atoms with Gasteiger partial charge in [-0.05, 0) is 52.5 Å². The molecule has 2 rings (SSSR count). The van der Waals surface area contributed by atoms with Gasteiger partial charge in [-0.25, -0.2) is 0 Å². The molecule has 0 aromatic heterocycles. The Balaban J connectivity index is 1.65. The topological polar surface area (TPSA) is 15.3 Å². The third-order valence-electron chi connectivity index (χ3n) is 4.66. The van der Waals surface area contributed by atoms with Crippen molar-refractivity contribution in [1.82, 2.24) is 10.2 Å². The molecule has 16 heavy (non-hydrogen) atoms. The smallest absolute Gasteiger partial charge is 0.0192 e. The lowest BCUT2D eigenvalue weighted by molar-refractivity contribution is 0.228. The van der Waals surface area contributed by atoms with E-state index in [2.05, 4.69) is 31.1 Å². The molecule has 2 nitrogen and oxygen atoms in total. The van der Waals surface area contributed by atoms with Gasteiger partial charge in [0.2, 0.25) is 0 Å². The monoisotopic (exact) mass is 224 g/mol. The number of likely N-dealkylation sites (N-methyl/N-ethyl adjacent to an activating group) is 1. The lowest BCUT2D eigenvalue weighted by atomic mass is 9.99. The summed E-state index contributed by atoms with van der Waals surface area (Å²) < 4.78 is 0. The van der Waals surface area contributed by atoms with Crippen molar-refractivity contribution in [3.8, 4) is 0 Å². The molecule has 0 saturated heterocycles. The SMILES string of the molecule is CC(NCC(C)N(C)C1CC1)C1CCCC1. The summed E-state index contributed by atoms with van der Waals surface area (Å²) in [5.41, 5.74) is 0. The molecular weight excluding hydrogens is 196 g/mol. The molecule has 0 aromatic carbocycles. The van der Waals surface area contributed by atoms with Gasteiger partial charge in [-0.1, -0.05) is 12.8 Å². The third-order valence-corrected chi connectivity index (χ3v) is 4.66. The third kappa shape index (κ3) is 3.21. The van der Waals surface area contributed by atoms with E-state index in [1.54, 1.807) is 0 Å². The van der Waals surface area contributed by atoms with E-state index in [0.29, 0.717) is 6.04 Å². The lowest BCUT2D eigenvalue weighted by Gasteiger charge is -2.28. The largest absolute Gasteiger partial charge is 0.312 e. The Morgan fingerprint density at radius 2 is 1.75 bits per heavy atom. The Hall–Kier alpha value is -0.0800. The Kier molecular flexibility index (Phi) is 4.26. The predicted octanol–water partition coefficient (Wildman–Crippen LogP) is 2.64. The maximum Gasteiger partial charge on any atom is 0.0192 e. The fourth-order valence-corrected chi connectivity index (χ4v) is 2.97. The van der Waals surface area contributed by atoms with E-state index in [4.69, 9.17) is 0 Å². The molecule has 0 heterocycles. The molecule has 94 valence electrons. The van der Waals surface area contributed by atoms with E-state index in [-0.39, 0.29) is 0 Å². The van der Waals surface area contributed by atoms with Crippen LogP contribution in [-0.2, 0) is 0 Å². The summed E-state index contributed by atoms with van der Waals surface area (Å²) in [7, 11) is 2.28. The van der Waals surface area contributed by atoms with Gasteiger partial charge < -0.3 is 5.32 Å². The summed E-state index contributed by atoms with van der Waals surface area (Å²) in [6.07, 6.45) is 8.63. The van der Waals surface area contributed by atoms with Crippen LogP contribution >= 0.6 is 0 Å². The maximum absolute atomic E-state index is 3.75. The second-order valence-corrected chi connectivity index (χ2v) is 5.99. The first-order valence-electron chi connectivity index (χ1n) is 7.14. The number of rotatable bonds is 6. The Morgan fingerprint density at radius 3 is 2.31 bits per heavy atom. The van der Waals surface area contributed by atoms with Gasteiger partial charge in [0, 0.05) is 24.7 Å². The number of hydrogen-bond donors (Lipinski definition) is 1. The van der Waals surface area contributed by atoms with E-state index in [9.17, 15) is 0 Å². The van der Waals surface area contributed by atoms with Gasteiger partial charge in [0.15, 0.2) is 0 Å². The van der Waals surface area contributed by atoms with E-state index >= 15 is 0 Å². The van der Waals surface area contributed by atoms with E-state index in [1.165, 1.54) is 38.5 Å². The quantitative estimate of drug-likeness (QED) is 0.746. The summed E-state index contributed by atoms with van der Waals surface area (Å²) in [4.78, 5) is 2.55. The first-order valence-corrected chi connectivity index (χ1v) is 7.14. The van der Waals surface area contributed by atoms with Crippen molar-refractivity contribution < 1.29 is 0 Å². The van der Waals surface area contributed by atoms with Crippen LogP contribution in [0.5, 0.6) is 0 Å². The zero-order valence-electron chi connectivity index (χ0n) is 11.2. The van der Waals surface area contributed by atoms with Gasteiger partial charge in [-0.15, -0.1) is 0 Å². The molecule has 0 radical (unpaired) electrons. The molecule has 0 aromatic rings. The van der Waals surface area contributed by atoms with E-state index in [0.717, 1.165) is 24.5 Å². The summed E-state index contributed by atoms with van der Waals surface area (Å²) in [5, 5.41) is 3.75. The Labute approximate surface area is 101 Å². The molecular formula is C14H28N2. The average Bonchev–Trinajstić information content (AvgIpc) is 2.99. The van der Waals surface area contributed by atoms with Gasteiger partial charge in [-0.3, -0.25) is 4.90 Å². The van der Waals surface area contributed by atoms with Crippen LogP contribution in [0, 0.1) is 5.92 Å². The second kappa shape index (κ2) is 5.50. The highest BCUT2D eigenvalue weighted by Gasteiger charge is 2.29. The van der Waals surface area contributed by atoms with Gasteiger partial charge in [0.25, 0.3) is 0 Å². The van der Waals surface area contributed by atoms with Gasteiger partial charge in [0.05, 0.1) is 0 Å². The van der Waals surface area contributed by atoms with Crippen LogP contribution < -0.4 is 5.32 Å². The minimum Gasteiger partial charge on any atom is -0.312 e. The Morgan fingerprint density at radius 1 is 1.12 bits per heavy atom. The minimum atomic E-state index is 0.691. The molecule has 0 amide bonds. The zero-order chi connectivity index (χ0) is 11.5. The molecule has 0 spiro atoms. The second-order valence-electron chi connectivity index (χ2n) is 5.99. The van der Waals surface area contributed by atoms with E-state index in [1.807, 2.05) is 0 Å². The lowest BCUT2D eigenvalue weighted by Crippen LogP contribution is -2.43. The molecule has 2 heteroatoms. The molecule has 1 N–H and O–H groups in total. The summed E-state index contributed by atoms with van der Waals surface area (Å²) in [6.45, 7) is 5.89. The van der Waals surface area contributed by atoms with Crippen LogP contribution in [0.15, 0.2) is 0 Å². The highest BCUT2D eigenvalue weighted by atomic mass is 15.2. The molecule has 2 aliphatic carbocycles.